The van der Waals surface area contributed by atoms with E-state index in [1.54, 1.807) is 36.0 Å². The van der Waals surface area contributed by atoms with E-state index in [1.807, 2.05) is 34.6 Å². The van der Waals surface area contributed by atoms with Crippen molar-refractivity contribution < 1.29 is 8.42 Å². The Morgan fingerprint density at radius 1 is 1.05 bits per heavy atom. The first kappa shape index (κ1) is 15.4. The van der Waals surface area contributed by atoms with E-state index >= 15 is 0 Å². The van der Waals surface area contributed by atoms with Gasteiger partial charge in [-0.05, 0) is 46.8 Å². The molecule has 2 rings (SSSR count). The summed E-state index contributed by atoms with van der Waals surface area (Å²) in [6, 6.07) is 6.72. The van der Waals surface area contributed by atoms with Crippen LogP contribution in [0.2, 0.25) is 0 Å². The predicted octanol–water partition coefficient (Wildman–Crippen LogP) is 2.93. The molecule has 1 aliphatic rings. The molecule has 0 aromatic heterocycles. The number of benzene rings is 1. The molecule has 0 saturated carbocycles. The molecule has 0 amide bonds. The van der Waals surface area contributed by atoms with E-state index in [2.05, 4.69) is 9.93 Å². The molecule has 0 bridgehead atoms. The van der Waals surface area contributed by atoms with Crippen LogP contribution in [-0.4, -0.2) is 23.6 Å². The summed E-state index contributed by atoms with van der Waals surface area (Å²) in [6.07, 6.45) is 0. The van der Waals surface area contributed by atoms with Crippen LogP contribution >= 0.6 is 11.8 Å². The number of hydrogen-bond donors (Lipinski definition) is 1. The average molecular weight is 312 g/mol. The topological polar surface area (TPSA) is 58.5 Å². The van der Waals surface area contributed by atoms with Gasteiger partial charge in [0.25, 0.3) is 10.0 Å². The molecule has 1 heterocycles. The Hall–Kier alpha value is -1.01. The molecule has 1 aromatic rings. The first-order valence-electron chi connectivity index (χ1n) is 6.42. The average Bonchev–Trinajstić information content (AvgIpc) is 2.26. The van der Waals surface area contributed by atoms with Gasteiger partial charge in [-0.2, -0.15) is 13.5 Å². The summed E-state index contributed by atoms with van der Waals surface area (Å²) in [6.45, 7) is 10.1. The molecule has 20 heavy (non-hydrogen) atoms. The van der Waals surface area contributed by atoms with Crippen LogP contribution in [-0.2, 0) is 10.0 Å². The van der Waals surface area contributed by atoms with E-state index in [-0.39, 0.29) is 14.4 Å². The number of rotatable bonds is 3. The van der Waals surface area contributed by atoms with Gasteiger partial charge in [0, 0.05) is 0 Å². The van der Waals surface area contributed by atoms with Crippen LogP contribution < -0.4 is 4.83 Å². The van der Waals surface area contributed by atoms with Gasteiger partial charge >= 0.3 is 0 Å². The number of nitrogens with one attached hydrogen (secondary N) is 1. The van der Waals surface area contributed by atoms with E-state index < -0.39 is 10.0 Å². The van der Waals surface area contributed by atoms with Gasteiger partial charge in [0.2, 0.25) is 0 Å². The van der Waals surface area contributed by atoms with Crippen LogP contribution in [0.25, 0.3) is 0 Å². The van der Waals surface area contributed by atoms with E-state index in [9.17, 15) is 8.42 Å². The molecule has 0 atom stereocenters. The van der Waals surface area contributed by atoms with Crippen molar-refractivity contribution in [3.8, 4) is 0 Å². The van der Waals surface area contributed by atoms with E-state index in [4.69, 9.17) is 0 Å². The maximum atomic E-state index is 12.2. The lowest BCUT2D eigenvalue weighted by molar-refractivity contribution is 0.583. The highest BCUT2D eigenvalue weighted by atomic mass is 32.2. The fourth-order valence-electron chi connectivity index (χ4n) is 2.56. The molecule has 1 aliphatic heterocycles. The van der Waals surface area contributed by atoms with Gasteiger partial charge in [-0.25, -0.2) is 4.83 Å². The van der Waals surface area contributed by atoms with Crippen molar-refractivity contribution in [2.24, 2.45) is 5.10 Å². The monoisotopic (exact) mass is 312 g/mol. The van der Waals surface area contributed by atoms with Crippen LogP contribution in [0.15, 0.2) is 34.3 Å². The van der Waals surface area contributed by atoms with Gasteiger partial charge < -0.3 is 0 Å². The van der Waals surface area contributed by atoms with Crippen LogP contribution in [0, 0.1) is 6.92 Å². The molecule has 6 heteroatoms. The lowest BCUT2D eigenvalue weighted by atomic mass is 9.93. The third-order valence-electron chi connectivity index (χ3n) is 3.26. The number of hydrazone groups is 1. The Kier molecular flexibility index (Phi) is 3.67. The maximum absolute atomic E-state index is 12.2. The zero-order valence-corrected chi connectivity index (χ0v) is 14.0. The second-order valence-corrected chi connectivity index (χ2v) is 9.90. The lowest BCUT2D eigenvalue weighted by Gasteiger charge is -2.49. The Labute approximate surface area is 125 Å². The Balaban J connectivity index is 2.24. The quantitative estimate of drug-likeness (QED) is 0.873. The van der Waals surface area contributed by atoms with Gasteiger partial charge in [0.05, 0.1) is 20.1 Å². The maximum Gasteiger partial charge on any atom is 0.276 e. The van der Waals surface area contributed by atoms with Gasteiger partial charge in [-0.1, -0.05) is 17.7 Å². The fourth-order valence-corrected chi connectivity index (χ4v) is 5.29. The zero-order valence-electron chi connectivity index (χ0n) is 12.4. The van der Waals surface area contributed by atoms with E-state index in [1.165, 1.54) is 0 Å². The van der Waals surface area contributed by atoms with Crippen LogP contribution in [0.4, 0.5) is 0 Å². The first-order valence-corrected chi connectivity index (χ1v) is 8.72. The summed E-state index contributed by atoms with van der Waals surface area (Å²) in [5.41, 5.74) is 1.89. The molecule has 1 saturated heterocycles. The van der Waals surface area contributed by atoms with Crippen molar-refractivity contribution >= 4 is 27.5 Å². The van der Waals surface area contributed by atoms with E-state index in [0.29, 0.717) is 0 Å². The lowest BCUT2D eigenvalue weighted by Crippen LogP contribution is -2.56. The summed E-state index contributed by atoms with van der Waals surface area (Å²) < 4.78 is 24.1. The summed E-state index contributed by atoms with van der Waals surface area (Å²) in [5, 5.41) is 4.16. The van der Waals surface area contributed by atoms with Gasteiger partial charge in [-0.3, -0.25) is 0 Å². The van der Waals surface area contributed by atoms with Crippen molar-refractivity contribution in [2.75, 3.05) is 0 Å². The van der Waals surface area contributed by atoms with Gasteiger partial charge in [0.15, 0.2) is 0 Å². The summed E-state index contributed by atoms with van der Waals surface area (Å²) in [5.74, 6) is 0. The molecule has 1 aromatic carbocycles. The number of sulfonamides is 1. The molecule has 1 fully saturated rings. The number of hydrogen-bond acceptors (Lipinski definition) is 4. The van der Waals surface area contributed by atoms with Crippen LogP contribution in [0.1, 0.15) is 33.3 Å². The van der Waals surface area contributed by atoms with Crippen molar-refractivity contribution in [2.45, 2.75) is 49.0 Å². The van der Waals surface area contributed by atoms with Gasteiger partial charge in [-0.15, -0.1) is 11.8 Å². The van der Waals surface area contributed by atoms with Crippen molar-refractivity contribution in [1.82, 2.24) is 4.83 Å². The Morgan fingerprint density at radius 3 is 2.00 bits per heavy atom. The predicted molar refractivity (Wildman–Crippen MR) is 84.7 cm³/mol. The van der Waals surface area contributed by atoms with Crippen molar-refractivity contribution in [1.29, 1.82) is 0 Å². The molecule has 1 N–H and O–H groups in total. The van der Waals surface area contributed by atoms with Crippen molar-refractivity contribution in [3.63, 3.8) is 0 Å². The summed E-state index contributed by atoms with van der Waals surface area (Å²) in [7, 11) is -3.60. The third-order valence-corrected chi connectivity index (χ3v) is 5.89. The summed E-state index contributed by atoms with van der Waals surface area (Å²) >= 11 is 1.78. The molecule has 0 spiro atoms. The van der Waals surface area contributed by atoms with Crippen LogP contribution in [0.3, 0.4) is 0 Å². The molecule has 0 unspecified atom stereocenters. The smallest absolute Gasteiger partial charge is 0.200 e. The molecule has 0 radical (unpaired) electrons. The normalized spacial score (nSPS) is 20.1. The first-order chi connectivity index (χ1) is 9.05. The molecule has 4 nitrogen and oxygen atoms in total. The standard InChI is InChI=1S/C14H20N2O2S2/c1-10-6-8-11(9-7-10)20(17,18)16-15-12-13(2,3)19-14(12,4)5/h6-9,16H,1-5H3. The number of aryl methyl sites for hydroxylation is 1. The zero-order chi connectivity index (χ0) is 15.2. The molecular formula is C14H20N2O2S2. The third kappa shape index (κ3) is 2.86. The second-order valence-electron chi connectivity index (χ2n) is 5.99. The fraction of sp³-hybridized carbons (Fsp3) is 0.500. The highest BCUT2D eigenvalue weighted by Gasteiger charge is 2.51. The minimum absolute atomic E-state index is 0.126. The largest absolute Gasteiger partial charge is 0.276 e. The molecule has 110 valence electrons. The van der Waals surface area contributed by atoms with Crippen LogP contribution in [0.5, 0.6) is 0 Å². The highest BCUT2D eigenvalue weighted by molar-refractivity contribution is 8.06. The van der Waals surface area contributed by atoms with E-state index in [0.717, 1.165) is 11.3 Å². The molecular weight excluding hydrogens is 292 g/mol. The molecule has 0 aliphatic carbocycles. The van der Waals surface area contributed by atoms with Gasteiger partial charge in [0.1, 0.15) is 0 Å². The highest BCUT2D eigenvalue weighted by Crippen LogP contribution is 2.51. The summed E-state index contributed by atoms with van der Waals surface area (Å²) in [4.78, 5) is 2.59. The SMILES string of the molecule is Cc1ccc(S(=O)(=O)NN=C2C(C)(C)SC2(C)C)cc1. The minimum Gasteiger partial charge on any atom is -0.200 e. The minimum atomic E-state index is -3.60. The van der Waals surface area contributed by atoms with Crippen molar-refractivity contribution in [3.05, 3.63) is 29.8 Å². The Bertz CT molecular complexity index is 628. The second kappa shape index (κ2) is 4.77. The Morgan fingerprint density at radius 2 is 1.55 bits per heavy atom. The number of thioether (sulfide) groups is 1. The number of nitrogens with zero attached hydrogens (tertiary/aromatic N) is 1.